The monoisotopic (exact) mass is 878 g/mol. The summed E-state index contributed by atoms with van der Waals surface area (Å²) >= 11 is 15.2. The molecular weight excluding hydrogens is 836 g/mol. The number of hydrogen-bond acceptors (Lipinski definition) is 8. The molecule has 2 heterocycles. The molecule has 5 rings (SSSR count). The van der Waals surface area contributed by atoms with Crippen molar-refractivity contribution in [2.24, 2.45) is 0 Å². The molecule has 1 aliphatic carbocycles. The fraction of sp³-hybridized carbons (Fsp3) is 0.636. The van der Waals surface area contributed by atoms with E-state index in [4.69, 9.17) is 9.47 Å². The van der Waals surface area contributed by atoms with Crippen LogP contribution in [0.4, 0.5) is 0 Å². The summed E-state index contributed by atoms with van der Waals surface area (Å²) < 4.78 is 15.8. The molecule has 3 fully saturated rings. The minimum absolute atomic E-state index is 0.158. The number of hydrogen-bond donors (Lipinski definition) is 2. The van der Waals surface area contributed by atoms with Crippen LogP contribution < -0.4 is 9.47 Å². The van der Waals surface area contributed by atoms with Gasteiger partial charge in [0.05, 0.1) is 17.9 Å². The fourth-order valence-electron chi connectivity index (χ4n) is 6.79. The average Bonchev–Trinajstić information content (AvgIpc) is 3.50. The third-order valence-electron chi connectivity index (χ3n) is 9.53. The van der Waals surface area contributed by atoms with Gasteiger partial charge < -0.3 is 29.5 Å². The Hall–Kier alpha value is -0.280. The smallest absolute Gasteiger partial charge is 0.147 e. The number of rotatable bonds is 12. The lowest BCUT2D eigenvalue weighted by Crippen LogP contribution is -2.47. The molecular formula is C33H46Br4N4O4. The van der Waals surface area contributed by atoms with Crippen molar-refractivity contribution in [3.63, 3.8) is 0 Å². The Labute approximate surface area is 301 Å². The fourth-order valence-corrected chi connectivity index (χ4v) is 9.62. The molecule has 0 spiro atoms. The summed E-state index contributed by atoms with van der Waals surface area (Å²) in [5.41, 5.74) is 2.29. The first-order valence-electron chi connectivity index (χ1n) is 16.0. The van der Waals surface area contributed by atoms with Crippen molar-refractivity contribution in [2.75, 3.05) is 92.8 Å². The summed E-state index contributed by atoms with van der Waals surface area (Å²) in [6.07, 6.45) is 3.26. The van der Waals surface area contributed by atoms with Gasteiger partial charge in [-0.05, 0) is 126 Å². The molecule has 45 heavy (non-hydrogen) atoms. The van der Waals surface area contributed by atoms with Crippen molar-refractivity contribution in [1.29, 1.82) is 0 Å². The Morgan fingerprint density at radius 3 is 1.29 bits per heavy atom. The number of halogens is 4. The number of benzene rings is 2. The lowest BCUT2D eigenvalue weighted by atomic mass is 9.73. The average molecular weight is 882 g/mol. The summed E-state index contributed by atoms with van der Waals surface area (Å²) in [6, 6.07) is 8.72. The van der Waals surface area contributed by atoms with Crippen LogP contribution in [-0.2, 0) is 5.41 Å². The van der Waals surface area contributed by atoms with E-state index in [1.165, 1.54) is 11.1 Å². The predicted molar refractivity (Wildman–Crippen MR) is 194 cm³/mol. The molecule has 2 aromatic carbocycles. The van der Waals surface area contributed by atoms with Gasteiger partial charge in [0, 0.05) is 70.9 Å². The van der Waals surface area contributed by atoms with Gasteiger partial charge in [0.15, 0.2) is 0 Å². The van der Waals surface area contributed by atoms with E-state index in [0.717, 1.165) is 95.9 Å². The molecule has 12 heteroatoms. The second-order valence-electron chi connectivity index (χ2n) is 13.0. The Balaban J connectivity index is 1.25. The summed E-state index contributed by atoms with van der Waals surface area (Å²) in [5.74, 6) is 1.43. The highest BCUT2D eigenvalue weighted by Crippen LogP contribution is 2.51. The lowest BCUT2D eigenvalue weighted by Gasteiger charge is -2.34. The molecule has 2 saturated heterocycles. The van der Waals surface area contributed by atoms with Crippen molar-refractivity contribution in [1.82, 2.24) is 19.6 Å². The maximum absolute atomic E-state index is 10.7. The van der Waals surface area contributed by atoms with Crippen molar-refractivity contribution in [3.8, 4) is 11.5 Å². The quantitative estimate of drug-likeness (QED) is 0.287. The third-order valence-corrected chi connectivity index (χ3v) is 11.9. The van der Waals surface area contributed by atoms with Crippen LogP contribution in [0.3, 0.4) is 0 Å². The second-order valence-corrected chi connectivity index (χ2v) is 16.4. The molecule has 8 nitrogen and oxygen atoms in total. The van der Waals surface area contributed by atoms with E-state index < -0.39 is 12.2 Å². The number of aliphatic hydroxyl groups excluding tert-OH is 2. The Bertz CT molecular complexity index is 1140. The van der Waals surface area contributed by atoms with Gasteiger partial charge in [-0.1, -0.05) is 12.8 Å². The normalized spacial score (nSPS) is 21.6. The van der Waals surface area contributed by atoms with Crippen LogP contribution in [0.2, 0.25) is 0 Å². The van der Waals surface area contributed by atoms with Crippen LogP contribution in [0, 0.1) is 0 Å². The molecule has 2 aliphatic heterocycles. The molecule has 0 aromatic heterocycles. The standard InChI is InChI=1S/C33H46Br4N4O4/c1-38-7-11-40(12-8-38)19-25(42)21-44-31-27(34)15-23(16-28(31)35)33(5-3-4-6-33)24-17-29(36)32(30(37)18-24)45-22-26(43)20-41-13-9-39(2)10-14-41/h15-18,25-26,42-43H,3-14,19-22H2,1-2H3. The summed E-state index contributed by atoms with van der Waals surface area (Å²) in [6.45, 7) is 9.67. The first kappa shape index (κ1) is 36.0. The van der Waals surface area contributed by atoms with Crippen LogP contribution in [0.15, 0.2) is 42.2 Å². The molecule has 1 saturated carbocycles. The van der Waals surface area contributed by atoms with Crippen LogP contribution in [0.5, 0.6) is 11.5 Å². The Morgan fingerprint density at radius 1 is 0.622 bits per heavy atom. The minimum atomic E-state index is -0.559. The van der Waals surface area contributed by atoms with E-state index >= 15 is 0 Å². The van der Waals surface area contributed by atoms with Gasteiger partial charge in [0.25, 0.3) is 0 Å². The number of β-amino-alcohol motifs (C(OH)–C–C–N with tert-alkyl or cyclic N) is 2. The summed E-state index contributed by atoms with van der Waals surface area (Å²) in [4.78, 5) is 9.23. The highest BCUT2D eigenvalue weighted by molar-refractivity contribution is 9.11. The number of aliphatic hydroxyl groups is 2. The minimum Gasteiger partial charge on any atom is -0.488 e. The Kier molecular flexibility index (Phi) is 13.1. The molecule has 0 bridgehead atoms. The van der Waals surface area contributed by atoms with Crippen LogP contribution in [0.25, 0.3) is 0 Å². The zero-order chi connectivity index (χ0) is 32.1. The number of piperazine rings is 2. The molecule has 2 atom stereocenters. The van der Waals surface area contributed by atoms with Gasteiger partial charge >= 0.3 is 0 Å². The molecule has 2 unspecified atom stereocenters. The van der Waals surface area contributed by atoms with Crippen molar-refractivity contribution >= 4 is 63.7 Å². The van der Waals surface area contributed by atoms with E-state index in [2.05, 4.69) is 122 Å². The Morgan fingerprint density at radius 2 is 0.956 bits per heavy atom. The van der Waals surface area contributed by atoms with Gasteiger partial charge in [-0.25, -0.2) is 0 Å². The number of nitrogens with zero attached hydrogens (tertiary/aromatic N) is 4. The molecule has 0 radical (unpaired) electrons. The third kappa shape index (κ3) is 9.25. The van der Waals surface area contributed by atoms with Crippen LogP contribution in [0.1, 0.15) is 36.8 Å². The molecule has 3 aliphatic rings. The van der Waals surface area contributed by atoms with E-state index in [0.29, 0.717) is 24.6 Å². The van der Waals surface area contributed by atoms with Crippen molar-refractivity contribution in [2.45, 2.75) is 43.3 Å². The largest absolute Gasteiger partial charge is 0.488 e. The lowest BCUT2D eigenvalue weighted by molar-refractivity contribution is 0.0500. The molecule has 0 amide bonds. The highest BCUT2D eigenvalue weighted by Gasteiger charge is 2.39. The van der Waals surface area contributed by atoms with Crippen LogP contribution >= 0.6 is 63.7 Å². The first-order valence-corrected chi connectivity index (χ1v) is 19.1. The van der Waals surface area contributed by atoms with E-state index in [1.807, 2.05) is 0 Å². The molecule has 2 aromatic rings. The van der Waals surface area contributed by atoms with Gasteiger partial charge in [0.1, 0.15) is 36.9 Å². The van der Waals surface area contributed by atoms with E-state index in [-0.39, 0.29) is 18.6 Å². The van der Waals surface area contributed by atoms with Gasteiger partial charge in [0.2, 0.25) is 0 Å². The van der Waals surface area contributed by atoms with Gasteiger partial charge in [-0.15, -0.1) is 0 Å². The second kappa shape index (κ2) is 16.4. The van der Waals surface area contributed by atoms with Crippen molar-refractivity contribution < 1.29 is 19.7 Å². The number of likely N-dealkylation sites (N-methyl/N-ethyl adjacent to an activating group) is 2. The van der Waals surface area contributed by atoms with Gasteiger partial charge in [-0.2, -0.15) is 0 Å². The maximum Gasteiger partial charge on any atom is 0.147 e. The SMILES string of the molecule is CN1CCN(CC(O)COc2c(Br)cc(C3(c4cc(Br)c(OCC(O)CN5CCN(C)CC5)c(Br)c4)CCCC3)cc2Br)CC1. The van der Waals surface area contributed by atoms with Crippen molar-refractivity contribution in [3.05, 3.63) is 53.3 Å². The molecule has 250 valence electrons. The topological polar surface area (TPSA) is 71.9 Å². The van der Waals surface area contributed by atoms with E-state index in [1.54, 1.807) is 0 Å². The summed E-state index contributed by atoms with van der Waals surface area (Å²) in [5, 5.41) is 21.4. The number of ether oxygens (including phenoxy) is 2. The van der Waals surface area contributed by atoms with E-state index in [9.17, 15) is 10.2 Å². The van der Waals surface area contributed by atoms with Crippen LogP contribution in [-0.4, -0.2) is 135 Å². The first-order chi connectivity index (χ1) is 21.5. The predicted octanol–water partition coefficient (Wildman–Crippen LogP) is 5.57. The summed E-state index contributed by atoms with van der Waals surface area (Å²) in [7, 11) is 4.27. The van der Waals surface area contributed by atoms with Gasteiger partial charge in [-0.3, -0.25) is 9.80 Å². The maximum atomic E-state index is 10.7. The molecule has 2 N–H and O–H groups in total. The zero-order valence-electron chi connectivity index (χ0n) is 26.3. The highest BCUT2D eigenvalue weighted by atomic mass is 79.9. The zero-order valence-corrected chi connectivity index (χ0v) is 32.6.